The van der Waals surface area contributed by atoms with Crippen molar-refractivity contribution in [1.82, 2.24) is 9.62 Å². The third-order valence-electron chi connectivity index (χ3n) is 4.92. The highest BCUT2D eigenvalue weighted by Gasteiger charge is 2.41. The second kappa shape index (κ2) is 5.10. The Morgan fingerprint density at radius 1 is 1.00 bits per heavy atom. The number of hydrogen-bond acceptors (Lipinski definition) is 3. The van der Waals surface area contributed by atoms with Gasteiger partial charge in [-0.1, -0.05) is 19.3 Å². The average molecular weight is 272 g/mol. The number of sulfonamides is 1. The lowest BCUT2D eigenvalue weighted by Crippen LogP contribution is -2.36. The first-order valence-corrected chi connectivity index (χ1v) is 8.94. The normalized spacial score (nSPS) is 34.9. The van der Waals surface area contributed by atoms with Gasteiger partial charge in [-0.3, -0.25) is 0 Å². The Balaban J connectivity index is 1.60. The summed E-state index contributed by atoms with van der Waals surface area (Å²) >= 11 is 0. The van der Waals surface area contributed by atoms with Crippen LogP contribution in [0.1, 0.15) is 32.1 Å². The SMILES string of the molecule is O=S(=O)(CC1CCCCC1)N1C[C@H]2CNC[C@H]2C1. The topological polar surface area (TPSA) is 49.4 Å². The smallest absolute Gasteiger partial charge is 0.214 e. The molecular weight excluding hydrogens is 248 g/mol. The molecule has 5 heteroatoms. The molecule has 0 aromatic carbocycles. The summed E-state index contributed by atoms with van der Waals surface area (Å²) in [6.45, 7) is 3.51. The van der Waals surface area contributed by atoms with Crippen molar-refractivity contribution >= 4 is 10.0 Å². The third-order valence-corrected chi connectivity index (χ3v) is 6.90. The van der Waals surface area contributed by atoms with Gasteiger partial charge < -0.3 is 5.32 Å². The molecule has 2 heterocycles. The largest absolute Gasteiger partial charge is 0.316 e. The van der Waals surface area contributed by atoms with Crippen molar-refractivity contribution in [2.45, 2.75) is 32.1 Å². The van der Waals surface area contributed by atoms with Crippen LogP contribution < -0.4 is 5.32 Å². The molecule has 0 unspecified atom stereocenters. The highest BCUT2D eigenvalue weighted by molar-refractivity contribution is 7.89. The van der Waals surface area contributed by atoms with Crippen molar-refractivity contribution in [3.05, 3.63) is 0 Å². The number of nitrogens with zero attached hydrogens (tertiary/aromatic N) is 1. The van der Waals surface area contributed by atoms with Crippen LogP contribution in [-0.4, -0.2) is 44.7 Å². The van der Waals surface area contributed by atoms with Crippen molar-refractivity contribution in [3.63, 3.8) is 0 Å². The van der Waals surface area contributed by atoms with E-state index in [0.29, 0.717) is 23.5 Å². The van der Waals surface area contributed by atoms with Crippen molar-refractivity contribution in [3.8, 4) is 0 Å². The molecule has 0 aromatic rings. The molecule has 3 aliphatic rings. The second-order valence-electron chi connectivity index (χ2n) is 6.28. The minimum Gasteiger partial charge on any atom is -0.316 e. The Bertz CT molecular complexity index is 378. The summed E-state index contributed by atoms with van der Waals surface area (Å²) < 4.78 is 26.7. The van der Waals surface area contributed by atoms with E-state index in [4.69, 9.17) is 0 Å². The highest BCUT2D eigenvalue weighted by Crippen LogP contribution is 2.31. The summed E-state index contributed by atoms with van der Waals surface area (Å²) in [6.07, 6.45) is 5.95. The van der Waals surface area contributed by atoms with Gasteiger partial charge in [-0.05, 0) is 43.7 Å². The first-order chi connectivity index (χ1) is 8.65. The van der Waals surface area contributed by atoms with Gasteiger partial charge >= 0.3 is 0 Å². The zero-order valence-corrected chi connectivity index (χ0v) is 11.8. The molecule has 0 radical (unpaired) electrons. The first kappa shape index (κ1) is 12.9. The van der Waals surface area contributed by atoms with Crippen LogP contribution in [0.25, 0.3) is 0 Å². The maximum Gasteiger partial charge on any atom is 0.214 e. The minimum absolute atomic E-state index is 0.403. The molecule has 18 heavy (non-hydrogen) atoms. The van der Waals surface area contributed by atoms with E-state index in [1.807, 2.05) is 0 Å². The summed E-state index contributed by atoms with van der Waals surface area (Å²) in [5.74, 6) is 1.94. The lowest BCUT2D eigenvalue weighted by atomic mass is 9.91. The van der Waals surface area contributed by atoms with Crippen LogP contribution in [0.15, 0.2) is 0 Å². The fourth-order valence-electron chi connectivity index (χ4n) is 3.80. The molecule has 1 saturated carbocycles. The molecule has 1 aliphatic carbocycles. The van der Waals surface area contributed by atoms with E-state index in [0.717, 1.165) is 39.0 Å². The predicted molar refractivity (Wildman–Crippen MR) is 71.8 cm³/mol. The van der Waals surface area contributed by atoms with Gasteiger partial charge in [-0.25, -0.2) is 12.7 Å². The van der Waals surface area contributed by atoms with Crippen LogP contribution >= 0.6 is 0 Å². The fourth-order valence-corrected chi connectivity index (χ4v) is 5.77. The van der Waals surface area contributed by atoms with Crippen molar-refractivity contribution in [1.29, 1.82) is 0 Å². The van der Waals surface area contributed by atoms with E-state index >= 15 is 0 Å². The Labute approximate surface area is 110 Å². The summed E-state index contributed by atoms with van der Waals surface area (Å²) in [4.78, 5) is 0. The van der Waals surface area contributed by atoms with Gasteiger partial charge in [0.25, 0.3) is 0 Å². The molecule has 1 N–H and O–H groups in total. The lowest BCUT2D eigenvalue weighted by molar-refractivity contribution is 0.373. The van der Waals surface area contributed by atoms with E-state index in [-0.39, 0.29) is 0 Å². The second-order valence-corrected chi connectivity index (χ2v) is 8.29. The van der Waals surface area contributed by atoms with Gasteiger partial charge in [-0.2, -0.15) is 0 Å². The molecule has 3 rings (SSSR count). The monoisotopic (exact) mass is 272 g/mol. The van der Waals surface area contributed by atoms with Crippen LogP contribution in [0, 0.1) is 17.8 Å². The van der Waals surface area contributed by atoms with E-state index in [2.05, 4.69) is 5.32 Å². The zero-order valence-electron chi connectivity index (χ0n) is 11.0. The molecule has 104 valence electrons. The van der Waals surface area contributed by atoms with Crippen LogP contribution in [-0.2, 0) is 10.0 Å². The standard InChI is InChI=1S/C13H24N2O2S/c16-18(17,10-11-4-2-1-3-5-11)15-8-12-6-14-7-13(12)9-15/h11-14H,1-10H2/t12-,13+. The van der Waals surface area contributed by atoms with Crippen molar-refractivity contribution in [2.24, 2.45) is 17.8 Å². The quantitative estimate of drug-likeness (QED) is 0.835. The molecular formula is C13H24N2O2S. The summed E-state index contributed by atoms with van der Waals surface area (Å²) in [5, 5.41) is 3.36. The molecule has 2 saturated heterocycles. The van der Waals surface area contributed by atoms with Gasteiger partial charge in [0.15, 0.2) is 0 Å². The van der Waals surface area contributed by atoms with Crippen molar-refractivity contribution in [2.75, 3.05) is 31.9 Å². The van der Waals surface area contributed by atoms with Gasteiger partial charge in [0.05, 0.1) is 5.75 Å². The summed E-state index contributed by atoms with van der Waals surface area (Å²) in [7, 11) is -3.00. The molecule has 4 nitrogen and oxygen atoms in total. The molecule has 0 spiro atoms. The van der Waals surface area contributed by atoms with E-state index < -0.39 is 10.0 Å². The Kier molecular flexibility index (Phi) is 3.65. The van der Waals surface area contributed by atoms with E-state index in [1.165, 1.54) is 19.3 Å². The van der Waals surface area contributed by atoms with E-state index in [9.17, 15) is 8.42 Å². The first-order valence-electron chi connectivity index (χ1n) is 7.34. The predicted octanol–water partition coefficient (Wildman–Crippen LogP) is 1.05. The Morgan fingerprint density at radius 3 is 2.22 bits per heavy atom. The van der Waals surface area contributed by atoms with Gasteiger partial charge in [0.2, 0.25) is 10.0 Å². The van der Waals surface area contributed by atoms with Gasteiger partial charge in [0.1, 0.15) is 0 Å². The zero-order chi connectivity index (χ0) is 12.6. The Hall–Kier alpha value is -0.130. The Morgan fingerprint density at radius 2 is 1.61 bits per heavy atom. The molecule has 2 atom stereocenters. The van der Waals surface area contributed by atoms with Crippen LogP contribution in [0.4, 0.5) is 0 Å². The average Bonchev–Trinajstić information content (AvgIpc) is 2.89. The van der Waals surface area contributed by atoms with Crippen LogP contribution in [0.5, 0.6) is 0 Å². The fraction of sp³-hybridized carbons (Fsp3) is 1.00. The maximum absolute atomic E-state index is 12.4. The molecule has 3 fully saturated rings. The number of fused-ring (bicyclic) bond motifs is 1. The third kappa shape index (κ3) is 2.58. The van der Waals surface area contributed by atoms with E-state index in [1.54, 1.807) is 4.31 Å². The van der Waals surface area contributed by atoms with Crippen LogP contribution in [0.3, 0.4) is 0 Å². The lowest BCUT2D eigenvalue weighted by Gasteiger charge is -2.24. The molecule has 0 aromatic heterocycles. The highest BCUT2D eigenvalue weighted by atomic mass is 32.2. The summed E-state index contributed by atoms with van der Waals surface area (Å²) in [6, 6.07) is 0. The summed E-state index contributed by atoms with van der Waals surface area (Å²) in [5.41, 5.74) is 0. The molecule has 0 amide bonds. The minimum atomic E-state index is -3.00. The maximum atomic E-state index is 12.4. The van der Waals surface area contributed by atoms with Gasteiger partial charge in [0, 0.05) is 13.1 Å². The number of rotatable bonds is 3. The van der Waals surface area contributed by atoms with Crippen molar-refractivity contribution < 1.29 is 8.42 Å². The number of hydrogen-bond donors (Lipinski definition) is 1. The molecule has 0 bridgehead atoms. The molecule has 2 aliphatic heterocycles. The van der Waals surface area contributed by atoms with Crippen LogP contribution in [0.2, 0.25) is 0 Å². The van der Waals surface area contributed by atoms with Gasteiger partial charge in [-0.15, -0.1) is 0 Å². The number of nitrogens with one attached hydrogen (secondary N) is 1.